The fraction of sp³-hybridized carbons (Fsp3) is 0.429. The lowest BCUT2D eigenvalue weighted by Gasteiger charge is -2.29. The van der Waals surface area contributed by atoms with E-state index in [2.05, 4.69) is 6.92 Å². The Bertz CT molecular complexity index is 768. The molecule has 2 aromatic carbocycles. The van der Waals surface area contributed by atoms with Crippen LogP contribution in [0.1, 0.15) is 44.3 Å². The summed E-state index contributed by atoms with van der Waals surface area (Å²) in [7, 11) is 1.27. The number of hydrogen-bond donors (Lipinski definition) is 0. The van der Waals surface area contributed by atoms with E-state index >= 15 is 0 Å². The first kappa shape index (κ1) is 18.8. The number of benzene rings is 2. The first-order valence-corrected chi connectivity index (χ1v) is 8.98. The van der Waals surface area contributed by atoms with Crippen LogP contribution in [-0.2, 0) is 4.74 Å². The normalized spacial score (nSPS) is 20.2. The van der Waals surface area contributed by atoms with Gasteiger partial charge in [0.1, 0.15) is 5.82 Å². The monoisotopic (exact) mass is 364 g/mol. The molecule has 1 fully saturated rings. The molecule has 5 heteroatoms. The molecule has 0 spiro atoms. The highest BCUT2D eigenvalue weighted by Crippen LogP contribution is 2.36. The summed E-state index contributed by atoms with van der Waals surface area (Å²) >= 11 is 0. The maximum absolute atomic E-state index is 14.6. The molecule has 0 aliphatic carbocycles. The van der Waals surface area contributed by atoms with Crippen molar-refractivity contribution in [1.29, 1.82) is 0 Å². The molecule has 0 N–H and O–H groups in total. The molecular weight excluding hydrogens is 341 g/mol. The quantitative estimate of drug-likeness (QED) is 0.643. The third-order valence-electron chi connectivity index (χ3n) is 4.99. The summed E-state index contributed by atoms with van der Waals surface area (Å²) in [6.45, 7) is 2.78. The molecule has 2 unspecified atom stereocenters. The van der Waals surface area contributed by atoms with E-state index < -0.39 is 17.5 Å². The largest absolute Gasteiger partial charge is 0.494 e. The number of ether oxygens (including phenoxy) is 2. The van der Waals surface area contributed by atoms with Gasteiger partial charge in [0.2, 0.25) is 5.82 Å². The van der Waals surface area contributed by atoms with E-state index in [0.29, 0.717) is 18.1 Å². The standard InChI is InChI=1S/C21H23F3O2/c1-3-4-13-5-9-18(26-12-13)16-7-6-14(11-17(16)22)15-8-10-19(25-2)21(24)20(15)23/h6-8,10-11,13,18H,3-5,9,12H2,1-2H3. The number of methoxy groups -OCH3 is 1. The van der Waals surface area contributed by atoms with E-state index in [1.165, 1.54) is 25.3 Å². The Kier molecular flexibility index (Phi) is 5.87. The van der Waals surface area contributed by atoms with Gasteiger partial charge in [-0.25, -0.2) is 8.78 Å². The number of halogens is 3. The van der Waals surface area contributed by atoms with Crippen molar-refractivity contribution in [3.05, 3.63) is 53.3 Å². The lowest BCUT2D eigenvalue weighted by Crippen LogP contribution is -2.21. The zero-order valence-electron chi connectivity index (χ0n) is 15.0. The third-order valence-corrected chi connectivity index (χ3v) is 4.99. The van der Waals surface area contributed by atoms with Gasteiger partial charge in [-0.05, 0) is 48.9 Å². The summed E-state index contributed by atoms with van der Waals surface area (Å²) in [5.41, 5.74) is 0.754. The zero-order chi connectivity index (χ0) is 18.7. The molecule has 1 saturated heterocycles. The SMILES string of the molecule is CCCC1CCC(c2ccc(-c3ccc(OC)c(F)c3F)cc2F)OC1. The molecular formula is C21H23F3O2. The van der Waals surface area contributed by atoms with Gasteiger partial charge in [-0.3, -0.25) is 0 Å². The smallest absolute Gasteiger partial charge is 0.201 e. The molecule has 0 saturated carbocycles. The van der Waals surface area contributed by atoms with Gasteiger partial charge in [0, 0.05) is 11.1 Å². The molecule has 0 bridgehead atoms. The maximum Gasteiger partial charge on any atom is 0.201 e. The molecule has 26 heavy (non-hydrogen) atoms. The highest BCUT2D eigenvalue weighted by Gasteiger charge is 2.25. The van der Waals surface area contributed by atoms with Crippen molar-refractivity contribution in [3.63, 3.8) is 0 Å². The van der Waals surface area contributed by atoms with Crippen molar-refractivity contribution >= 4 is 0 Å². The van der Waals surface area contributed by atoms with Crippen molar-refractivity contribution in [3.8, 4) is 16.9 Å². The van der Waals surface area contributed by atoms with Crippen LogP contribution in [-0.4, -0.2) is 13.7 Å². The Hall–Kier alpha value is -2.01. The Balaban J connectivity index is 1.82. The molecule has 2 aromatic rings. The second-order valence-electron chi connectivity index (χ2n) is 6.73. The van der Waals surface area contributed by atoms with Gasteiger partial charge in [0.15, 0.2) is 11.6 Å². The van der Waals surface area contributed by atoms with E-state index in [1.54, 1.807) is 12.1 Å². The summed E-state index contributed by atoms with van der Waals surface area (Å²) < 4.78 is 53.4. The molecule has 1 aliphatic rings. The summed E-state index contributed by atoms with van der Waals surface area (Å²) in [5, 5.41) is 0. The van der Waals surface area contributed by atoms with E-state index in [0.717, 1.165) is 25.7 Å². The minimum absolute atomic E-state index is 0.00122. The van der Waals surface area contributed by atoms with E-state index in [-0.39, 0.29) is 23.0 Å². The van der Waals surface area contributed by atoms with Gasteiger partial charge in [0.25, 0.3) is 0 Å². The topological polar surface area (TPSA) is 18.5 Å². The first-order valence-electron chi connectivity index (χ1n) is 8.98. The lowest BCUT2D eigenvalue weighted by molar-refractivity contribution is -0.0211. The summed E-state index contributed by atoms with van der Waals surface area (Å²) in [4.78, 5) is 0. The molecule has 3 rings (SSSR count). The number of hydrogen-bond acceptors (Lipinski definition) is 2. The van der Waals surface area contributed by atoms with Crippen LogP contribution in [0.4, 0.5) is 13.2 Å². The lowest BCUT2D eigenvalue weighted by atomic mass is 9.91. The predicted molar refractivity (Wildman–Crippen MR) is 94.6 cm³/mol. The Morgan fingerprint density at radius 3 is 2.50 bits per heavy atom. The second-order valence-corrected chi connectivity index (χ2v) is 6.73. The minimum atomic E-state index is -1.08. The van der Waals surface area contributed by atoms with E-state index in [1.807, 2.05) is 0 Å². The van der Waals surface area contributed by atoms with Gasteiger partial charge in [-0.1, -0.05) is 25.5 Å². The number of rotatable bonds is 5. The third kappa shape index (κ3) is 3.73. The first-order chi connectivity index (χ1) is 12.5. The van der Waals surface area contributed by atoms with Gasteiger partial charge >= 0.3 is 0 Å². The predicted octanol–water partition coefficient (Wildman–Crippen LogP) is 6.05. The molecule has 1 heterocycles. The Labute approximate surface area is 151 Å². The van der Waals surface area contributed by atoms with Gasteiger partial charge in [-0.2, -0.15) is 4.39 Å². The van der Waals surface area contributed by atoms with Crippen LogP contribution in [0.25, 0.3) is 11.1 Å². The molecule has 140 valence electrons. The highest BCUT2D eigenvalue weighted by atomic mass is 19.2. The van der Waals surface area contributed by atoms with Crippen molar-refractivity contribution in [1.82, 2.24) is 0 Å². The van der Waals surface area contributed by atoms with Gasteiger partial charge in [-0.15, -0.1) is 0 Å². The van der Waals surface area contributed by atoms with Crippen LogP contribution < -0.4 is 4.74 Å². The summed E-state index contributed by atoms with van der Waals surface area (Å²) in [6, 6.07) is 7.16. The van der Waals surface area contributed by atoms with Crippen LogP contribution >= 0.6 is 0 Å². The van der Waals surface area contributed by atoms with E-state index in [4.69, 9.17) is 9.47 Å². The van der Waals surface area contributed by atoms with Crippen molar-refractivity contribution in [2.24, 2.45) is 5.92 Å². The van der Waals surface area contributed by atoms with Crippen LogP contribution in [0, 0.1) is 23.4 Å². The van der Waals surface area contributed by atoms with Crippen molar-refractivity contribution in [2.45, 2.75) is 38.7 Å². The molecule has 1 aliphatic heterocycles. The molecule has 2 atom stereocenters. The van der Waals surface area contributed by atoms with Crippen LogP contribution in [0.2, 0.25) is 0 Å². The second kappa shape index (κ2) is 8.12. The van der Waals surface area contributed by atoms with Crippen LogP contribution in [0.15, 0.2) is 30.3 Å². The van der Waals surface area contributed by atoms with Crippen LogP contribution in [0.3, 0.4) is 0 Å². The van der Waals surface area contributed by atoms with Gasteiger partial charge in [0.05, 0.1) is 19.8 Å². The Morgan fingerprint density at radius 1 is 1.08 bits per heavy atom. The fourth-order valence-corrected chi connectivity index (χ4v) is 3.56. The average Bonchev–Trinajstić information content (AvgIpc) is 2.65. The fourth-order valence-electron chi connectivity index (χ4n) is 3.56. The minimum Gasteiger partial charge on any atom is -0.494 e. The van der Waals surface area contributed by atoms with Gasteiger partial charge < -0.3 is 9.47 Å². The molecule has 0 amide bonds. The van der Waals surface area contributed by atoms with E-state index in [9.17, 15) is 13.2 Å². The van der Waals surface area contributed by atoms with Crippen molar-refractivity contribution < 1.29 is 22.6 Å². The summed E-state index contributed by atoms with van der Waals surface area (Å²) in [5.74, 6) is -2.23. The highest BCUT2D eigenvalue weighted by molar-refractivity contribution is 5.66. The molecule has 0 radical (unpaired) electrons. The Morgan fingerprint density at radius 2 is 1.88 bits per heavy atom. The van der Waals surface area contributed by atoms with Crippen molar-refractivity contribution in [2.75, 3.05) is 13.7 Å². The average molecular weight is 364 g/mol. The maximum atomic E-state index is 14.6. The molecule has 0 aromatic heterocycles. The molecule has 2 nitrogen and oxygen atoms in total. The van der Waals surface area contributed by atoms with Crippen LogP contribution in [0.5, 0.6) is 5.75 Å². The summed E-state index contributed by atoms with van der Waals surface area (Å²) in [6.07, 6.45) is 3.74. The zero-order valence-corrected chi connectivity index (χ0v) is 15.0.